The average Bonchev–Trinajstić information content (AvgIpc) is 3.14. The standard InChI is InChI=1S/C13H18N4OS2/c1-3-9(11-14-5-7-19-11)16-13(18)17-10(4-2)12-15-6-8-20-12/h5-10H,3-4H2,1-2H3,(H2,16,17,18). The molecule has 108 valence electrons. The first-order chi connectivity index (χ1) is 9.74. The van der Waals surface area contributed by atoms with Crippen molar-refractivity contribution < 1.29 is 4.79 Å². The lowest BCUT2D eigenvalue weighted by Crippen LogP contribution is -2.39. The zero-order chi connectivity index (χ0) is 14.4. The Hall–Kier alpha value is -1.47. The number of hydrogen-bond acceptors (Lipinski definition) is 5. The van der Waals surface area contributed by atoms with Gasteiger partial charge in [0, 0.05) is 23.2 Å². The third-order valence-corrected chi connectivity index (χ3v) is 4.70. The number of rotatable bonds is 6. The van der Waals surface area contributed by atoms with Crippen molar-refractivity contribution in [2.24, 2.45) is 0 Å². The van der Waals surface area contributed by atoms with E-state index in [9.17, 15) is 4.79 Å². The smallest absolute Gasteiger partial charge is 0.315 e. The van der Waals surface area contributed by atoms with Crippen molar-refractivity contribution in [1.29, 1.82) is 0 Å². The number of hydrogen-bond donors (Lipinski definition) is 2. The number of nitrogens with one attached hydrogen (secondary N) is 2. The van der Waals surface area contributed by atoms with Crippen LogP contribution in [-0.2, 0) is 0 Å². The van der Waals surface area contributed by atoms with Crippen LogP contribution in [0.1, 0.15) is 48.8 Å². The van der Waals surface area contributed by atoms with Crippen molar-refractivity contribution in [3.05, 3.63) is 33.2 Å². The molecule has 2 amide bonds. The van der Waals surface area contributed by atoms with Crippen molar-refractivity contribution in [3.8, 4) is 0 Å². The normalized spacial score (nSPS) is 13.7. The number of amides is 2. The molecular formula is C13H18N4OS2. The van der Waals surface area contributed by atoms with Crippen LogP contribution in [0.3, 0.4) is 0 Å². The highest BCUT2D eigenvalue weighted by atomic mass is 32.1. The van der Waals surface area contributed by atoms with E-state index < -0.39 is 0 Å². The van der Waals surface area contributed by atoms with Crippen LogP contribution in [0.2, 0.25) is 0 Å². The molecule has 2 N–H and O–H groups in total. The zero-order valence-electron chi connectivity index (χ0n) is 11.5. The van der Waals surface area contributed by atoms with Gasteiger partial charge in [-0.05, 0) is 12.8 Å². The van der Waals surface area contributed by atoms with Crippen LogP contribution in [0.15, 0.2) is 23.2 Å². The Balaban J connectivity index is 1.94. The summed E-state index contributed by atoms with van der Waals surface area (Å²) in [5, 5.41) is 11.6. The summed E-state index contributed by atoms with van der Waals surface area (Å²) in [6, 6.07) is -0.248. The maximum Gasteiger partial charge on any atom is 0.315 e. The molecule has 0 bridgehead atoms. The molecule has 0 radical (unpaired) electrons. The molecule has 7 heteroatoms. The molecule has 2 rings (SSSR count). The third kappa shape index (κ3) is 3.77. The fourth-order valence-electron chi connectivity index (χ4n) is 1.85. The molecule has 2 atom stereocenters. The first-order valence-corrected chi connectivity index (χ1v) is 8.36. The van der Waals surface area contributed by atoms with E-state index in [0.717, 1.165) is 22.9 Å². The van der Waals surface area contributed by atoms with Gasteiger partial charge >= 0.3 is 6.03 Å². The van der Waals surface area contributed by atoms with Gasteiger partial charge in [0.25, 0.3) is 0 Å². The molecule has 0 saturated carbocycles. The predicted molar refractivity (Wildman–Crippen MR) is 82.0 cm³/mol. The summed E-state index contributed by atoms with van der Waals surface area (Å²) in [4.78, 5) is 20.6. The monoisotopic (exact) mass is 310 g/mol. The van der Waals surface area contributed by atoms with E-state index in [4.69, 9.17) is 0 Å². The summed E-state index contributed by atoms with van der Waals surface area (Å²) in [6.07, 6.45) is 5.14. The van der Waals surface area contributed by atoms with Crippen LogP contribution in [0, 0.1) is 0 Å². The Morgan fingerprint density at radius 1 is 1.05 bits per heavy atom. The topological polar surface area (TPSA) is 66.9 Å². The first-order valence-electron chi connectivity index (χ1n) is 6.60. The Morgan fingerprint density at radius 2 is 1.50 bits per heavy atom. The van der Waals surface area contributed by atoms with Gasteiger partial charge in [0.15, 0.2) is 0 Å². The lowest BCUT2D eigenvalue weighted by molar-refractivity contribution is 0.232. The predicted octanol–water partition coefficient (Wildman–Crippen LogP) is 3.50. The summed E-state index contributed by atoms with van der Waals surface area (Å²) in [5.74, 6) is 0. The fourth-order valence-corrected chi connectivity index (χ4v) is 3.39. The third-order valence-electron chi connectivity index (χ3n) is 2.93. The minimum Gasteiger partial charge on any atom is -0.329 e. The molecule has 0 aliphatic rings. The molecule has 0 spiro atoms. The lowest BCUT2D eigenvalue weighted by atomic mass is 10.2. The van der Waals surface area contributed by atoms with Gasteiger partial charge in [0.2, 0.25) is 0 Å². The fraction of sp³-hybridized carbons (Fsp3) is 0.462. The second kappa shape index (κ2) is 7.35. The minimum absolute atomic E-state index is 0.0381. The van der Waals surface area contributed by atoms with E-state index >= 15 is 0 Å². The van der Waals surface area contributed by atoms with Gasteiger partial charge in [-0.1, -0.05) is 13.8 Å². The van der Waals surface area contributed by atoms with E-state index in [-0.39, 0.29) is 18.1 Å². The summed E-state index contributed by atoms with van der Waals surface area (Å²) in [6.45, 7) is 4.06. The molecule has 0 fully saturated rings. The van der Waals surface area contributed by atoms with Crippen LogP contribution in [0.5, 0.6) is 0 Å². The number of nitrogens with zero attached hydrogens (tertiary/aromatic N) is 2. The summed E-state index contributed by atoms with van der Waals surface area (Å²) >= 11 is 3.11. The molecule has 2 heterocycles. The van der Waals surface area contributed by atoms with Crippen LogP contribution < -0.4 is 10.6 Å². The highest BCUT2D eigenvalue weighted by Gasteiger charge is 2.18. The van der Waals surface area contributed by atoms with Gasteiger partial charge in [0.1, 0.15) is 10.0 Å². The van der Waals surface area contributed by atoms with Gasteiger partial charge in [-0.15, -0.1) is 22.7 Å². The molecule has 0 aliphatic heterocycles. The number of urea groups is 1. The minimum atomic E-state index is -0.172. The second-order valence-electron chi connectivity index (χ2n) is 4.28. The highest BCUT2D eigenvalue weighted by Crippen LogP contribution is 2.20. The molecule has 20 heavy (non-hydrogen) atoms. The maximum atomic E-state index is 12.1. The summed E-state index contributed by atoms with van der Waals surface area (Å²) in [5.41, 5.74) is 0. The molecule has 2 aromatic heterocycles. The Labute approximate surface area is 126 Å². The van der Waals surface area contributed by atoms with Gasteiger partial charge in [-0.2, -0.15) is 0 Å². The van der Waals surface area contributed by atoms with Crippen LogP contribution >= 0.6 is 22.7 Å². The molecule has 0 saturated heterocycles. The lowest BCUT2D eigenvalue weighted by Gasteiger charge is -2.19. The first kappa shape index (κ1) is 14.9. The van der Waals surface area contributed by atoms with Crippen LogP contribution in [0.4, 0.5) is 4.79 Å². The van der Waals surface area contributed by atoms with E-state index in [1.165, 1.54) is 0 Å². The molecule has 2 aromatic rings. The van der Waals surface area contributed by atoms with Gasteiger partial charge < -0.3 is 10.6 Å². The van der Waals surface area contributed by atoms with Crippen molar-refractivity contribution >= 4 is 28.7 Å². The largest absolute Gasteiger partial charge is 0.329 e. The van der Waals surface area contributed by atoms with E-state index in [1.54, 1.807) is 35.1 Å². The molecular weight excluding hydrogens is 292 g/mol. The van der Waals surface area contributed by atoms with Crippen molar-refractivity contribution in [3.63, 3.8) is 0 Å². The maximum absolute atomic E-state index is 12.1. The van der Waals surface area contributed by atoms with Gasteiger partial charge in [0.05, 0.1) is 12.1 Å². The Kier molecular flexibility index (Phi) is 5.49. The molecule has 0 aromatic carbocycles. The van der Waals surface area contributed by atoms with Crippen LogP contribution in [-0.4, -0.2) is 16.0 Å². The summed E-state index contributed by atoms with van der Waals surface area (Å²) < 4.78 is 0. The quantitative estimate of drug-likeness (QED) is 0.858. The average molecular weight is 310 g/mol. The van der Waals surface area contributed by atoms with Crippen molar-refractivity contribution in [2.75, 3.05) is 0 Å². The van der Waals surface area contributed by atoms with E-state index in [1.807, 2.05) is 24.6 Å². The molecule has 0 aliphatic carbocycles. The van der Waals surface area contributed by atoms with Crippen molar-refractivity contribution in [2.45, 2.75) is 38.8 Å². The Morgan fingerprint density at radius 3 is 1.80 bits per heavy atom. The van der Waals surface area contributed by atoms with Gasteiger partial charge in [-0.3, -0.25) is 0 Å². The SMILES string of the molecule is CCC(NC(=O)NC(CC)c1nccs1)c1nccs1. The molecule has 2 unspecified atom stereocenters. The van der Waals surface area contributed by atoms with Crippen LogP contribution in [0.25, 0.3) is 0 Å². The Bertz CT molecular complexity index is 466. The number of thiazole rings is 2. The number of carbonyl (C=O) groups is 1. The second-order valence-corrected chi connectivity index (χ2v) is 6.13. The summed E-state index contributed by atoms with van der Waals surface area (Å²) in [7, 11) is 0. The van der Waals surface area contributed by atoms with Gasteiger partial charge in [-0.25, -0.2) is 14.8 Å². The zero-order valence-corrected chi connectivity index (χ0v) is 13.1. The van der Waals surface area contributed by atoms with Crippen molar-refractivity contribution in [1.82, 2.24) is 20.6 Å². The van der Waals surface area contributed by atoms with E-state index in [0.29, 0.717) is 0 Å². The van der Waals surface area contributed by atoms with E-state index in [2.05, 4.69) is 20.6 Å². The highest BCUT2D eigenvalue weighted by molar-refractivity contribution is 7.09. The number of carbonyl (C=O) groups excluding carboxylic acids is 1. The molecule has 5 nitrogen and oxygen atoms in total. The number of aromatic nitrogens is 2.